The van der Waals surface area contributed by atoms with Crippen LogP contribution in [-0.2, 0) is 0 Å². The topological polar surface area (TPSA) is 54.2 Å². The number of hydrogen-bond donors (Lipinski definition) is 2. The number of nitrogens with zero attached hydrogens (tertiary/aromatic N) is 2. The van der Waals surface area contributed by atoms with Gasteiger partial charge in [-0.25, -0.2) is 0 Å². The second-order valence-corrected chi connectivity index (χ2v) is 4.50. The second kappa shape index (κ2) is 8.19. The van der Waals surface area contributed by atoms with Gasteiger partial charge in [0.2, 0.25) is 0 Å². The fraction of sp³-hybridized carbons (Fsp3) is 0.643. The van der Waals surface area contributed by atoms with Gasteiger partial charge in [0.15, 0.2) is 0 Å². The van der Waals surface area contributed by atoms with E-state index in [2.05, 4.69) is 36.0 Å². The Hall–Kier alpha value is -0.970. The monoisotopic (exact) mass is 250 g/mol. The Kier molecular flexibility index (Phi) is 6.86. The van der Waals surface area contributed by atoms with Gasteiger partial charge in [0.05, 0.1) is 0 Å². The van der Waals surface area contributed by atoms with Crippen LogP contribution in [0, 0.1) is 6.92 Å². The maximum absolute atomic E-state index is 5.85. The summed E-state index contributed by atoms with van der Waals surface area (Å²) in [5.41, 5.74) is 8.31. The van der Waals surface area contributed by atoms with Crippen molar-refractivity contribution in [3.05, 3.63) is 29.6 Å². The highest BCUT2D eigenvalue weighted by atomic mass is 15.1. The molecule has 0 aromatic carbocycles. The Morgan fingerprint density at radius 1 is 1.39 bits per heavy atom. The summed E-state index contributed by atoms with van der Waals surface area (Å²) >= 11 is 0. The van der Waals surface area contributed by atoms with E-state index in [9.17, 15) is 0 Å². The van der Waals surface area contributed by atoms with Crippen molar-refractivity contribution in [3.63, 3.8) is 0 Å². The van der Waals surface area contributed by atoms with E-state index in [1.807, 2.05) is 18.5 Å². The lowest BCUT2D eigenvalue weighted by molar-refractivity contribution is 0.296. The Morgan fingerprint density at radius 3 is 2.67 bits per heavy atom. The molecule has 3 N–H and O–H groups in total. The van der Waals surface area contributed by atoms with Gasteiger partial charge in [-0.05, 0) is 37.2 Å². The molecule has 0 fully saturated rings. The molecule has 1 aromatic rings. The Bertz CT molecular complexity index is 336. The summed E-state index contributed by atoms with van der Waals surface area (Å²) in [6, 6.07) is 2.23. The first-order chi connectivity index (χ1) is 8.72. The summed E-state index contributed by atoms with van der Waals surface area (Å²) in [7, 11) is 0. The number of rotatable bonds is 8. The summed E-state index contributed by atoms with van der Waals surface area (Å²) < 4.78 is 0. The Morgan fingerprint density at radius 2 is 2.11 bits per heavy atom. The van der Waals surface area contributed by atoms with Crippen molar-refractivity contribution in [2.24, 2.45) is 5.73 Å². The van der Waals surface area contributed by atoms with Crippen LogP contribution in [0.3, 0.4) is 0 Å². The maximum atomic E-state index is 5.85. The summed E-state index contributed by atoms with van der Waals surface area (Å²) in [4.78, 5) is 6.58. The average molecular weight is 250 g/mol. The molecule has 1 aromatic heterocycles. The smallest absolute Gasteiger partial charge is 0.0462 e. The van der Waals surface area contributed by atoms with Crippen molar-refractivity contribution in [1.82, 2.24) is 15.2 Å². The number of pyridine rings is 1. The summed E-state index contributed by atoms with van der Waals surface area (Å²) in [6.45, 7) is 11.3. The predicted octanol–water partition coefficient (Wildman–Crippen LogP) is 1.32. The van der Waals surface area contributed by atoms with Crippen LogP contribution in [-0.4, -0.2) is 42.6 Å². The van der Waals surface area contributed by atoms with Gasteiger partial charge < -0.3 is 16.0 Å². The molecule has 4 heteroatoms. The number of hydrogen-bond acceptors (Lipinski definition) is 4. The van der Waals surface area contributed by atoms with Gasteiger partial charge in [0.25, 0.3) is 0 Å². The molecule has 0 aliphatic heterocycles. The molecular weight excluding hydrogens is 224 g/mol. The lowest BCUT2D eigenvalue weighted by atomic mass is 10.0. The highest BCUT2D eigenvalue weighted by molar-refractivity contribution is 5.25. The molecule has 0 radical (unpaired) electrons. The van der Waals surface area contributed by atoms with Crippen LogP contribution < -0.4 is 11.1 Å². The molecular formula is C14H26N4. The fourth-order valence-electron chi connectivity index (χ4n) is 2.10. The van der Waals surface area contributed by atoms with Crippen molar-refractivity contribution in [2.75, 3.05) is 32.7 Å². The number of nitrogens with one attached hydrogen (secondary N) is 1. The zero-order valence-corrected chi connectivity index (χ0v) is 11.8. The predicted molar refractivity (Wildman–Crippen MR) is 76.6 cm³/mol. The molecule has 0 aliphatic rings. The number of nitrogens with two attached hydrogens (primary N) is 1. The fourth-order valence-corrected chi connectivity index (χ4v) is 2.10. The summed E-state index contributed by atoms with van der Waals surface area (Å²) in [5, 5.41) is 3.52. The molecule has 102 valence electrons. The van der Waals surface area contributed by atoms with E-state index in [1.165, 1.54) is 11.1 Å². The molecule has 4 nitrogen and oxygen atoms in total. The molecule has 1 unspecified atom stereocenters. The van der Waals surface area contributed by atoms with Crippen LogP contribution >= 0.6 is 0 Å². The van der Waals surface area contributed by atoms with Gasteiger partial charge in [-0.15, -0.1) is 0 Å². The quantitative estimate of drug-likeness (QED) is 0.730. The van der Waals surface area contributed by atoms with Gasteiger partial charge in [-0.1, -0.05) is 13.8 Å². The van der Waals surface area contributed by atoms with E-state index >= 15 is 0 Å². The summed E-state index contributed by atoms with van der Waals surface area (Å²) in [5.74, 6) is 0. The minimum Gasteiger partial charge on any atom is -0.329 e. The third-order valence-electron chi connectivity index (χ3n) is 3.40. The standard InChI is InChI=1S/C14H26N4/c1-4-18(5-2)9-8-17-14(10-15)13-11-16-7-6-12(13)3/h6-7,11,14,17H,4-5,8-10,15H2,1-3H3. The van der Waals surface area contributed by atoms with Gasteiger partial charge in [-0.3, -0.25) is 4.98 Å². The zero-order valence-electron chi connectivity index (χ0n) is 11.8. The van der Waals surface area contributed by atoms with Crippen molar-refractivity contribution in [2.45, 2.75) is 26.8 Å². The van der Waals surface area contributed by atoms with Crippen LogP contribution in [0.4, 0.5) is 0 Å². The van der Waals surface area contributed by atoms with Crippen LogP contribution in [0.1, 0.15) is 31.0 Å². The normalized spacial score (nSPS) is 12.9. The van der Waals surface area contributed by atoms with Crippen molar-refractivity contribution >= 4 is 0 Å². The Balaban J connectivity index is 2.50. The SMILES string of the molecule is CCN(CC)CCNC(CN)c1cnccc1C. The van der Waals surface area contributed by atoms with E-state index in [-0.39, 0.29) is 6.04 Å². The third-order valence-corrected chi connectivity index (χ3v) is 3.40. The third kappa shape index (κ3) is 4.37. The van der Waals surface area contributed by atoms with Gasteiger partial charge in [0.1, 0.15) is 0 Å². The van der Waals surface area contributed by atoms with Gasteiger partial charge in [0, 0.05) is 38.1 Å². The lowest BCUT2D eigenvalue weighted by Crippen LogP contribution is -2.36. The number of aryl methyl sites for hydroxylation is 1. The van der Waals surface area contributed by atoms with Gasteiger partial charge >= 0.3 is 0 Å². The molecule has 1 heterocycles. The largest absolute Gasteiger partial charge is 0.329 e. The molecule has 0 saturated carbocycles. The average Bonchev–Trinajstić information content (AvgIpc) is 2.40. The highest BCUT2D eigenvalue weighted by Crippen LogP contribution is 2.14. The molecule has 0 amide bonds. The van der Waals surface area contributed by atoms with E-state index < -0.39 is 0 Å². The minimum absolute atomic E-state index is 0.203. The van der Waals surface area contributed by atoms with E-state index in [0.29, 0.717) is 6.54 Å². The first kappa shape index (κ1) is 15.1. The maximum Gasteiger partial charge on any atom is 0.0462 e. The van der Waals surface area contributed by atoms with E-state index in [0.717, 1.165) is 26.2 Å². The molecule has 1 atom stereocenters. The first-order valence-corrected chi connectivity index (χ1v) is 6.79. The van der Waals surface area contributed by atoms with Crippen molar-refractivity contribution < 1.29 is 0 Å². The number of likely N-dealkylation sites (N-methyl/N-ethyl adjacent to an activating group) is 1. The van der Waals surface area contributed by atoms with E-state index in [4.69, 9.17) is 5.73 Å². The molecule has 0 spiro atoms. The van der Waals surface area contributed by atoms with E-state index in [1.54, 1.807) is 0 Å². The molecule has 18 heavy (non-hydrogen) atoms. The lowest BCUT2D eigenvalue weighted by Gasteiger charge is -2.22. The number of aromatic nitrogens is 1. The Labute approximate surface area is 111 Å². The summed E-state index contributed by atoms with van der Waals surface area (Å²) in [6.07, 6.45) is 3.74. The molecule has 0 bridgehead atoms. The van der Waals surface area contributed by atoms with Crippen LogP contribution in [0.5, 0.6) is 0 Å². The zero-order chi connectivity index (χ0) is 13.4. The highest BCUT2D eigenvalue weighted by Gasteiger charge is 2.11. The molecule has 0 aliphatic carbocycles. The van der Waals surface area contributed by atoms with Crippen LogP contribution in [0.25, 0.3) is 0 Å². The first-order valence-electron chi connectivity index (χ1n) is 6.79. The van der Waals surface area contributed by atoms with Crippen LogP contribution in [0.2, 0.25) is 0 Å². The molecule has 0 saturated heterocycles. The van der Waals surface area contributed by atoms with Gasteiger partial charge in [-0.2, -0.15) is 0 Å². The second-order valence-electron chi connectivity index (χ2n) is 4.50. The minimum atomic E-state index is 0.203. The molecule has 1 rings (SSSR count). The van der Waals surface area contributed by atoms with Crippen molar-refractivity contribution in [3.8, 4) is 0 Å². The van der Waals surface area contributed by atoms with Crippen molar-refractivity contribution in [1.29, 1.82) is 0 Å². The van der Waals surface area contributed by atoms with Crippen LogP contribution in [0.15, 0.2) is 18.5 Å².